The van der Waals surface area contributed by atoms with Gasteiger partial charge in [0.25, 0.3) is 5.91 Å². The Morgan fingerprint density at radius 1 is 1.52 bits per heavy atom. The van der Waals surface area contributed by atoms with E-state index in [0.717, 1.165) is 24.0 Å². The fourth-order valence-corrected chi connectivity index (χ4v) is 3.43. The second-order valence-electron chi connectivity index (χ2n) is 5.15. The number of hydrogen-bond acceptors (Lipinski definition) is 6. The third-order valence-corrected chi connectivity index (χ3v) is 4.65. The standard InChI is InChI=1S/C14H18N4O2S/c1-17(9-10-5-4-8-20-10)13(19)11-12(15)16-14(21-11)18-6-2-3-7-18/h4-5,8H,2-3,6-7,9,15H2,1H3. The predicted octanol–water partition coefficient (Wildman–Crippen LogP) is 2.19. The Balaban J connectivity index is 1.74. The van der Waals surface area contributed by atoms with Crippen molar-refractivity contribution in [2.75, 3.05) is 30.8 Å². The number of thiazole rings is 1. The van der Waals surface area contributed by atoms with Gasteiger partial charge in [-0.2, -0.15) is 0 Å². The van der Waals surface area contributed by atoms with E-state index in [1.165, 1.54) is 24.2 Å². The highest BCUT2D eigenvalue weighted by molar-refractivity contribution is 7.18. The number of aromatic nitrogens is 1. The van der Waals surface area contributed by atoms with Crippen molar-refractivity contribution < 1.29 is 9.21 Å². The number of rotatable bonds is 4. The Kier molecular flexibility index (Phi) is 3.83. The highest BCUT2D eigenvalue weighted by atomic mass is 32.1. The zero-order chi connectivity index (χ0) is 14.8. The summed E-state index contributed by atoms with van der Waals surface area (Å²) in [5, 5.41) is 0.847. The van der Waals surface area contributed by atoms with E-state index in [2.05, 4.69) is 9.88 Å². The first-order valence-corrected chi connectivity index (χ1v) is 7.76. The van der Waals surface area contributed by atoms with E-state index < -0.39 is 0 Å². The molecule has 0 aliphatic carbocycles. The molecule has 2 N–H and O–H groups in total. The molecule has 3 heterocycles. The van der Waals surface area contributed by atoms with Crippen LogP contribution in [0.5, 0.6) is 0 Å². The molecule has 0 spiro atoms. The lowest BCUT2D eigenvalue weighted by atomic mass is 10.3. The van der Waals surface area contributed by atoms with Crippen LogP contribution in [0.3, 0.4) is 0 Å². The fraction of sp³-hybridized carbons (Fsp3) is 0.429. The van der Waals surface area contributed by atoms with Crippen LogP contribution >= 0.6 is 11.3 Å². The molecule has 1 amide bonds. The Morgan fingerprint density at radius 3 is 2.95 bits per heavy atom. The highest BCUT2D eigenvalue weighted by Gasteiger charge is 2.23. The van der Waals surface area contributed by atoms with Gasteiger partial charge in [0.15, 0.2) is 5.13 Å². The summed E-state index contributed by atoms with van der Waals surface area (Å²) >= 11 is 1.37. The van der Waals surface area contributed by atoms with Gasteiger partial charge in [-0.1, -0.05) is 11.3 Å². The van der Waals surface area contributed by atoms with Gasteiger partial charge >= 0.3 is 0 Å². The zero-order valence-electron chi connectivity index (χ0n) is 11.9. The third kappa shape index (κ3) is 2.87. The van der Waals surface area contributed by atoms with Gasteiger partial charge in [0, 0.05) is 20.1 Å². The van der Waals surface area contributed by atoms with Crippen LogP contribution in [0.4, 0.5) is 10.9 Å². The summed E-state index contributed by atoms with van der Waals surface area (Å²) in [6, 6.07) is 3.65. The fourth-order valence-electron chi connectivity index (χ4n) is 2.40. The summed E-state index contributed by atoms with van der Waals surface area (Å²) in [5.74, 6) is 0.943. The van der Waals surface area contributed by atoms with Gasteiger partial charge in [-0.15, -0.1) is 0 Å². The van der Waals surface area contributed by atoms with Crippen molar-refractivity contribution >= 4 is 28.2 Å². The molecule has 112 valence electrons. The van der Waals surface area contributed by atoms with Gasteiger partial charge in [-0.3, -0.25) is 4.79 Å². The van der Waals surface area contributed by atoms with Gasteiger partial charge < -0.3 is 20.0 Å². The number of amides is 1. The van der Waals surface area contributed by atoms with E-state index in [1.807, 2.05) is 6.07 Å². The largest absolute Gasteiger partial charge is 0.467 e. The van der Waals surface area contributed by atoms with E-state index in [9.17, 15) is 4.79 Å². The van der Waals surface area contributed by atoms with E-state index in [1.54, 1.807) is 24.3 Å². The molecule has 1 aliphatic heterocycles. The van der Waals surface area contributed by atoms with Crippen molar-refractivity contribution in [3.63, 3.8) is 0 Å². The molecule has 0 bridgehead atoms. The molecular formula is C14H18N4O2S. The summed E-state index contributed by atoms with van der Waals surface area (Å²) in [5.41, 5.74) is 5.92. The molecule has 0 saturated carbocycles. The van der Waals surface area contributed by atoms with Crippen LogP contribution < -0.4 is 10.6 Å². The van der Waals surface area contributed by atoms with Crippen molar-refractivity contribution in [1.82, 2.24) is 9.88 Å². The first kappa shape index (κ1) is 13.9. The highest BCUT2D eigenvalue weighted by Crippen LogP contribution is 2.31. The smallest absolute Gasteiger partial charge is 0.268 e. The molecule has 6 nitrogen and oxygen atoms in total. The number of carbonyl (C=O) groups is 1. The second kappa shape index (κ2) is 5.77. The first-order valence-electron chi connectivity index (χ1n) is 6.94. The van der Waals surface area contributed by atoms with Crippen molar-refractivity contribution in [1.29, 1.82) is 0 Å². The number of hydrogen-bond donors (Lipinski definition) is 1. The van der Waals surface area contributed by atoms with Gasteiger partial charge in [-0.05, 0) is 25.0 Å². The molecule has 0 atom stereocenters. The minimum atomic E-state index is -0.119. The van der Waals surface area contributed by atoms with Crippen molar-refractivity contribution in [2.45, 2.75) is 19.4 Å². The molecule has 0 unspecified atom stereocenters. The molecule has 7 heteroatoms. The lowest BCUT2D eigenvalue weighted by molar-refractivity contribution is 0.0781. The molecule has 3 rings (SSSR count). The summed E-state index contributed by atoms with van der Waals surface area (Å²) in [7, 11) is 1.74. The van der Waals surface area contributed by atoms with Gasteiger partial charge in [0.1, 0.15) is 16.5 Å². The van der Waals surface area contributed by atoms with Crippen molar-refractivity contribution in [3.05, 3.63) is 29.0 Å². The van der Waals surface area contributed by atoms with Gasteiger partial charge in [0.05, 0.1) is 12.8 Å². The minimum Gasteiger partial charge on any atom is -0.467 e. The second-order valence-corrected chi connectivity index (χ2v) is 6.12. The number of anilines is 2. The molecule has 0 aromatic carbocycles. The molecule has 21 heavy (non-hydrogen) atoms. The summed E-state index contributed by atoms with van der Waals surface area (Å²) < 4.78 is 5.26. The van der Waals surface area contributed by atoms with E-state index in [4.69, 9.17) is 10.2 Å². The summed E-state index contributed by atoms with van der Waals surface area (Å²) in [4.78, 5) is 21.1. The van der Waals surface area contributed by atoms with Crippen LogP contribution in [0, 0.1) is 0 Å². The molecule has 2 aromatic rings. The molecule has 1 aliphatic rings. The van der Waals surface area contributed by atoms with E-state index in [0.29, 0.717) is 17.2 Å². The lowest BCUT2D eigenvalue weighted by Crippen LogP contribution is -2.25. The quantitative estimate of drug-likeness (QED) is 0.937. The third-order valence-electron chi connectivity index (χ3n) is 3.53. The predicted molar refractivity (Wildman–Crippen MR) is 82.5 cm³/mol. The molecule has 1 fully saturated rings. The minimum absolute atomic E-state index is 0.119. The van der Waals surface area contributed by atoms with E-state index >= 15 is 0 Å². The molecule has 0 radical (unpaired) electrons. The average Bonchev–Trinajstić information content (AvgIpc) is 3.18. The van der Waals surface area contributed by atoms with Crippen LogP contribution in [0.2, 0.25) is 0 Å². The van der Waals surface area contributed by atoms with Crippen LogP contribution in [0.25, 0.3) is 0 Å². The SMILES string of the molecule is CN(Cc1ccco1)C(=O)c1sc(N2CCCC2)nc1N. The summed E-state index contributed by atoms with van der Waals surface area (Å²) in [6.45, 7) is 2.40. The maximum Gasteiger partial charge on any atom is 0.268 e. The first-order chi connectivity index (χ1) is 10.1. The molecule has 2 aromatic heterocycles. The zero-order valence-corrected chi connectivity index (χ0v) is 12.7. The number of nitrogen functional groups attached to an aromatic ring is 1. The number of nitrogens with two attached hydrogens (primary N) is 1. The lowest BCUT2D eigenvalue weighted by Gasteiger charge is -2.14. The normalized spacial score (nSPS) is 14.6. The Bertz CT molecular complexity index is 617. The average molecular weight is 306 g/mol. The number of nitrogens with zero attached hydrogens (tertiary/aromatic N) is 3. The monoisotopic (exact) mass is 306 g/mol. The molecular weight excluding hydrogens is 288 g/mol. The summed E-state index contributed by atoms with van der Waals surface area (Å²) in [6.07, 6.45) is 3.93. The van der Waals surface area contributed by atoms with Crippen LogP contribution in [0.1, 0.15) is 28.3 Å². The van der Waals surface area contributed by atoms with Crippen molar-refractivity contribution in [2.24, 2.45) is 0 Å². The van der Waals surface area contributed by atoms with Crippen LogP contribution in [0.15, 0.2) is 22.8 Å². The van der Waals surface area contributed by atoms with Crippen LogP contribution in [-0.2, 0) is 6.54 Å². The number of furan rings is 1. The Labute approximate surface area is 127 Å². The Hall–Kier alpha value is -2.02. The van der Waals surface area contributed by atoms with Crippen LogP contribution in [-0.4, -0.2) is 35.9 Å². The van der Waals surface area contributed by atoms with Crippen molar-refractivity contribution in [3.8, 4) is 0 Å². The van der Waals surface area contributed by atoms with E-state index in [-0.39, 0.29) is 5.91 Å². The maximum atomic E-state index is 12.5. The Morgan fingerprint density at radius 2 is 2.29 bits per heavy atom. The van der Waals surface area contributed by atoms with Gasteiger partial charge in [0.2, 0.25) is 0 Å². The topological polar surface area (TPSA) is 75.6 Å². The maximum absolute atomic E-state index is 12.5. The number of carbonyl (C=O) groups excluding carboxylic acids is 1. The molecule has 1 saturated heterocycles. The van der Waals surface area contributed by atoms with Gasteiger partial charge in [-0.25, -0.2) is 4.98 Å².